The van der Waals surface area contributed by atoms with Gasteiger partial charge in [-0.3, -0.25) is 4.68 Å². The molecule has 0 aliphatic rings. The number of nitrogens with zero attached hydrogens (tertiary/aromatic N) is 4. The molecule has 2 heterocycles. The summed E-state index contributed by atoms with van der Waals surface area (Å²) in [6.07, 6.45) is 1.75. The molecule has 104 valence electrons. The second kappa shape index (κ2) is 4.56. The minimum atomic E-state index is 0.613. The summed E-state index contributed by atoms with van der Waals surface area (Å²) in [5.41, 5.74) is 8.86. The second-order valence-electron chi connectivity index (χ2n) is 4.60. The van der Waals surface area contributed by atoms with Gasteiger partial charge in [-0.05, 0) is 19.1 Å². The summed E-state index contributed by atoms with van der Waals surface area (Å²) in [6, 6.07) is 5.88. The maximum absolute atomic E-state index is 6.06. The molecule has 2 aromatic heterocycles. The number of benzene rings is 1. The van der Waals surface area contributed by atoms with Gasteiger partial charge in [0.2, 0.25) is 0 Å². The van der Waals surface area contributed by atoms with Crippen LogP contribution in [0.3, 0.4) is 0 Å². The number of fused-ring (bicyclic) bond motifs is 1. The molecule has 0 spiro atoms. The van der Waals surface area contributed by atoms with E-state index in [0.29, 0.717) is 5.82 Å². The van der Waals surface area contributed by atoms with Crippen LogP contribution in [0.2, 0.25) is 0 Å². The van der Waals surface area contributed by atoms with Gasteiger partial charge in [0.15, 0.2) is 0 Å². The average Bonchev–Trinajstić information content (AvgIpc) is 2.98. The highest BCUT2D eigenvalue weighted by Gasteiger charge is 2.16. The molecular weight excluding hydrogens is 254 g/mol. The Morgan fingerprint density at radius 2 is 2.15 bits per heavy atom. The van der Waals surface area contributed by atoms with Gasteiger partial charge in [0, 0.05) is 19.7 Å². The third-order valence-electron chi connectivity index (χ3n) is 3.50. The third kappa shape index (κ3) is 1.72. The largest absolute Gasteiger partial charge is 0.497 e. The van der Waals surface area contributed by atoms with Crippen molar-refractivity contribution < 1.29 is 4.74 Å². The fourth-order valence-corrected chi connectivity index (χ4v) is 2.38. The first-order chi connectivity index (χ1) is 9.65. The zero-order chi connectivity index (χ0) is 14.3. The van der Waals surface area contributed by atoms with Crippen molar-refractivity contribution in [3.63, 3.8) is 0 Å². The molecular formula is C14H17N5O. The maximum Gasteiger partial charge on any atom is 0.146 e. The van der Waals surface area contributed by atoms with E-state index in [9.17, 15) is 0 Å². The van der Waals surface area contributed by atoms with Gasteiger partial charge >= 0.3 is 0 Å². The van der Waals surface area contributed by atoms with Gasteiger partial charge < -0.3 is 15.0 Å². The molecule has 3 aromatic rings. The quantitative estimate of drug-likeness (QED) is 0.791. The first-order valence-electron chi connectivity index (χ1n) is 6.47. The van der Waals surface area contributed by atoms with Crippen LogP contribution in [-0.4, -0.2) is 26.4 Å². The molecule has 6 heteroatoms. The van der Waals surface area contributed by atoms with Crippen molar-refractivity contribution in [1.29, 1.82) is 0 Å². The molecule has 6 nitrogen and oxygen atoms in total. The Kier molecular flexibility index (Phi) is 2.85. The molecule has 0 aliphatic carbocycles. The smallest absolute Gasteiger partial charge is 0.146 e. The molecule has 0 saturated heterocycles. The summed E-state index contributed by atoms with van der Waals surface area (Å²) in [6.45, 7) is 2.90. The van der Waals surface area contributed by atoms with E-state index in [1.54, 1.807) is 18.0 Å². The predicted octanol–water partition coefficient (Wildman–Crippen LogP) is 2.05. The number of hydrogen-bond donors (Lipinski definition) is 1. The van der Waals surface area contributed by atoms with Crippen molar-refractivity contribution >= 4 is 16.9 Å². The highest BCUT2D eigenvalue weighted by atomic mass is 16.5. The number of nitrogens with two attached hydrogens (primary N) is 1. The lowest BCUT2D eigenvalue weighted by molar-refractivity contribution is 0.415. The molecule has 0 unspecified atom stereocenters. The molecule has 0 bridgehead atoms. The van der Waals surface area contributed by atoms with Crippen molar-refractivity contribution in [3.05, 3.63) is 24.4 Å². The number of hydrogen-bond acceptors (Lipinski definition) is 4. The number of nitrogen functional groups attached to an aromatic ring is 1. The molecule has 1 aromatic carbocycles. The zero-order valence-electron chi connectivity index (χ0n) is 11.8. The zero-order valence-corrected chi connectivity index (χ0v) is 11.8. The Hall–Kier alpha value is -2.50. The number of aromatic nitrogens is 4. The molecule has 2 N–H and O–H groups in total. The molecule has 0 aliphatic heterocycles. The molecule has 20 heavy (non-hydrogen) atoms. The van der Waals surface area contributed by atoms with Gasteiger partial charge in [0.25, 0.3) is 0 Å². The maximum atomic E-state index is 6.06. The number of ether oxygens (including phenoxy) is 1. The molecule has 0 radical (unpaired) electrons. The predicted molar refractivity (Wildman–Crippen MR) is 78.6 cm³/mol. The van der Waals surface area contributed by atoms with Crippen LogP contribution in [0.15, 0.2) is 24.4 Å². The minimum Gasteiger partial charge on any atom is -0.497 e. The summed E-state index contributed by atoms with van der Waals surface area (Å²) in [4.78, 5) is 4.69. The fourth-order valence-electron chi connectivity index (χ4n) is 2.38. The lowest BCUT2D eigenvalue weighted by atomic mass is 10.3. The van der Waals surface area contributed by atoms with Gasteiger partial charge in [-0.2, -0.15) is 5.10 Å². The van der Waals surface area contributed by atoms with Crippen LogP contribution in [0.4, 0.5) is 5.82 Å². The molecule has 0 atom stereocenters. The van der Waals surface area contributed by atoms with Gasteiger partial charge in [-0.1, -0.05) is 0 Å². The number of methoxy groups -OCH3 is 1. The van der Waals surface area contributed by atoms with Crippen LogP contribution in [0, 0.1) is 0 Å². The van der Waals surface area contributed by atoms with Crippen LogP contribution in [0.5, 0.6) is 5.75 Å². The highest BCUT2D eigenvalue weighted by Crippen LogP contribution is 2.30. The van der Waals surface area contributed by atoms with E-state index < -0.39 is 0 Å². The van der Waals surface area contributed by atoms with E-state index in [0.717, 1.165) is 34.7 Å². The van der Waals surface area contributed by atoms with Crippen molar-refractivity contribution in [3.8, 4) is 17.1 Å². The summed E-state index contributed by atoms with van der Waals surface area (Å²) in [7, 11) is 3.47. The van der Waals surface area contributed by atoms with E-state index in [-0.39, 0.29) is 0 Å². The highest BCUT2D eigenvalue weighted by molar-refractivity contribution is 5.83. The number of anilines is 1. The van der Waals surface area contributed by atoms with Crippen LogP contribution in [0.25, 0.3) is 22.4 Å². The Balaban J connectivity index is 2.27. The van der Waals surface area contributed by atoms with Gasteiger partial charge in [-0.15, -0.1) is 0 Å². The van der Waals surface area contributed by atoms with E-state index in [2.05, 4.69) is 21.6 Å². The molecule has 0 saturated carbocycles. The fraction of sp³-hybridized carbons (Fsp3) is 0.286. The van der Waals surface area contributed by atoms with Crippen LogP contribution in [-0.2, 0) is 13.6 Å². The Morgan fingerprint density at radius 1 is 1.35 bits per heavy atom. The van der Waals surface area contributed by atoms with Crippen molar-refractivity contribution in [2.45, 2.75) is 13.5 Å². The van der Waals surface area contributed by atoms with Crippen molar-refractivity contribution in [1.82, 2.24) is 19.3 Å². The summed E-state index contributed by atoms with van der Waals surface area (Å²) in [5.74, 6) is 2.24. The van der Waals surface area contributed by atoms with Crippen LogP contribution in [0.1, 0.15) is 6.92 Å². The average molecular weight is 271 g/mol. The van der Waals surface area contributed by atoms with Crippen molar-refractivity contribution in [2.75, 3.05) is 12.8 Å². The Bertz CT molecular complexity index is 771. The first kappa shape index (κ1) is 12.5. The summed E-state index contributed by atoms with van der Waals surface area (Å²) < 4.78 is 9.02. The van der Waals surface area contributed by atoms with Gasteiger partial charge in [0.1, 0.15) is 17.4 Å². The summed E-state index contributed by atoms with van der Waals surface area (Å²) in [5, 5.41) is 4.19. The van der Waals surface area contributed by atoms with E-state index in [4.69, 9.17) is 10.5 Å². The van der Waals surface area contributed by atoms with Crippen molar-refractivity contribution in [2.24, 2.45) is 7.05 Å². The Labute approximate surface area is 116 Å². The number of rotatable bonds is 3. The van der Waals surface area contributed by atoms with Gasteiger partial charge in [0.05, 0.1) is 29.9 Å². The minimum absolute atomic E-state index is 0.613. The van der Waals surface area contributed by atoms with Gasteiger partial charge in [-0.25, -0.2) is 4.98 Å². The molecule has 0 fully saturated rings. The standard InChI is InChI=1S/C14H17N5O/c1-4-19-12-6-5-9(20-3)7-11(12)17-14(19)10-8-16-18(2)13(10)15/h5-8H,4,15H2,1-3H3. The molecule has 3 rings (SSSR count). The topological polar surface area (TPSA) is 70.9 Å². The lowest BCUT2D eigenvalue weighted by Crippen LogP contribution is -2.01. The monoisotopic (exact) mass is 271 g/mol. The third-order valence-corrected chi connectivity index (χ3v) is 3.50. The number of imidazole rings is 1. The molecule has 0 amide bonds. The first-order valence-corrected chi connectivity index (χ1v) is 6.47. The summed E-state index contributed by atoms with van der Waals surface area (Å²) >= 11 is 0. The van der Waals surface area contributed by atoms with E-state index in [1.165, 1.54) is 0 Å². The lowest BCUT2D eigenvalue weighted by Gasteiger charge is -2.05. The normalized spacial score (nSPS) is 11.2. The Morgan fingerprint density at radius 3 is 2.75 bits per heavy atom. The van der Waals surface area contributed by atoms with Crippen LogP contribution < -0.4 is 10.5 Å². The van der Waals surface area contributed by atoms with Crippen LogP contribution >= 0.6 is 0 Å². The SMILES string of the molecule is CCn1c(-c2cnn(C)c2N)nc2cc(OC)ccc21. The number of aryl methyl sites for hydroxylation is 2. The van der Waals surface area contributed by atoms with E-state index >= 15 is 0 Å². The second-order valence-corrected chi connectivity index (χ2v) is 4.60. The van der Waals surface area contributed by atoms with E-state index in [1.807, 2.05) is 25.2 Å².